The predicted molar refractivity (Wildman–Crippen MR) is 150 cm³/mol. The number of hydrogen-bond donors (Lipinski definition) is 0. The lowest BCUT2D eigenvalue weighted by Crippen LogP contribution is -2.57. The van der Waals surface area contributed by atoms with Gasteiger partial charge in [0.1, 0.15) is 11.4 Å². The number of halogens is 1. The minimum Gasteiger partial charge on any atom is -0.469 e. The molecule has 8 heteroatoms. The van der Waals surface area contributed by atoms with Gasteiger partial charge in [-0.15, -0.1) is 0 Å². The summed E-state index contributed by atoms with van der Waals surface area (Å²) in [6.45, 7) is 16.7. The van der Waals surface area contributed by atoms with Crippen LogP contribution in [0.15, 0.2) is 48.5 Å². The average molecular weight is 544 g/mol. The molecule has 1 aliphatic rings. The van der Waals surface area contributed by atoms with Crippen LogP contribution in [0.4, 0.5) is 9.18 Å². The Balaban J connectivity index is 2.10. The van der Waals surface area contributed by atoms with Crippen molar-refractivity contribution in [2.24, 2.45) is 5.92 Å². The SMILES string of the molecule is COC(=O)[C@H]1CN(C(=O)OC(C)(C)C)C[C@@H](O[Si](C)(C)C(C)(C)C)[C@@H]1c1cccc(-c2ccc(F)cc2)c1. The lowest BCUT2D eigenvalue weighted by Gasteiger charge is -2.47. The third-order valence-corrected chi connectivity index (χ3v) is 12.0. The third kappa shape index (κ3) is 7.02. The van der Waals surface area contributed by atoms with E-state index in [0.29, 0.717) is 6.54 Å². The second kappa shape index (κ2) is 11.2. The first-order valence-electron chi connectivity index (χ1n) is 13.1. The number of benzene rings is 2. The van der Waals surface area contributed by atoms with E-state index < -0.39 is 38.0 Å². The van der Waals surface area contributed by atoms with E-state index >= 15 is 0 Å². The highest BCUT2D eigenvalue weighted by Gasteiger charge is 2.49. The maximum atomic E-state index is 13.6. The molecule has 0 radical (unpaired) electrons. The van der Waals surface area contributed by atoms with Crippen molar-refractivity contribution in [2.75, 3.05) is 20.2 Å². The Hall–Kier alpha value is -2.71. The molecule has 2 aromatic carbocycles. The summed E-state index contributed by atoms with van der Waals surface area (Å²) in [6, 6.07) is 14.2. The Labute approximate surface area is 227 Å². The normalized spacial score (nSPS) is 20.7. The van der Waals surface area contributed by atoms with E-state index in [1.165, 1.54) is 19.2 Å². The highest BCUT2D eigenvalue weighted by molar-refractivity contribution is 6.74. The van der Waals surface area contributed by atoms with E-state index in [0.717, 1.165) is 16.7 Å². The van der Waals surface area contributed by atoms with Gasteiger partial charge in [-0.2, -0.15) is 0 Å². The Morgan fingerprint density at radius 1 is 0.947 bits per heavy atom. The molecule has 0 bridgehead atoms. The van der Waals surface area contributed by atoms with Crippen molar-refractivity contribution < 1.29 is 27.9 Å². The molecule has 0 aliphatic carbocycles. The molecule has 1 fully saturated rings. The summed E-state index contributed by atoms with van der Waals surface area (Å²) in [6.07, 6.45) is -0.932. The van der Waals surface area contributed by atoms with E-state index in [4.69, 9.17) is 13.9 Å². The van der Waals surface area contributed by atoms with Crippen LogP contribution in [-0.2, 0) is 18.7 Å². The molecule has 1 aliphatic heterocycles. The fourth-order valence-electron chi connectivity index (χ4n) is 4.54. The summed E-state index contributed by atoms with van der Waals surface area (Å²) >= 11 is 0. The zero-order valence-corrected chi connectivity index (χ0v) is 25.1. The van der Waals surface area contributed by atoms with Gasteiger partial charge in [0.05, 0.1) is 19.1 Å². The number of ether oxygens (including phenoxy) is 2. The maximum absolute atomic E-state index is 13.6. The average Bonchev–Trinajstić information content (AvgIpc) is 2.81. The summed E-state index contributed by atoms with van der Waals surface area (Å²) in [5.41, 5.74) is 2.02. The van der Waals surface area contributed by atoms with Gasteiger partial charge in [-0.05, 0) is 67.7 Å². The van der Waals surface area contributed by atoms with Crippen LogP contribution in [0, 0.1) is 11.7 Å². The van der Waals surface area contributed by atoms with Gasteiger partial charge in [0.15, 0.2) is 8.32 Å². The fraction of sp³-hybridized carbons (Fsp3) is 0.533. The molecular weight excluding hydrogens is 501 g/mol. The number of methoxy groups -OCH3 is 1. The quantitative estimate of drug-likeness (QED) is 0.300. The van der Waals surface area contributed by atoms with E-state index in [1.807, 2.05) is 45.0 Å². The van der Waals surface area contributed by atoms with E-state index in [2.05, 4.69) is 33.9 Å². The molecule has 1 saturated heterocycles. The summed E-state index contributed by atoms with van der Waals surface area (Å²) in [5, 5.41) is -0.0809. The molecule has 3 atom stereocenters. The number of piperidine rings is 1. The standard InChI is InChI=1S/C30H42FNO5Si/c1-29(2,3)36-28(34)32-18-24(27(33)35-7)26(25(19-32)37-38(8,9)30(4,5)6)22-12-10-11-21(17-22)20-13-15-23(31)16-14-20/h10-17,24-26H,18-19H2,1-9H3/t24-,25+,26+/m0/s1. The van der Waals surface area contributed by atoms with E-state index in [9.17, 15) is 14.0 Å². The van der Waals surface area contributed by atoms with Crippen LogP contribution in [0.2, 0.25) is 18.1 Å². The Morgan fingerprint density at radius 3 is 2.13 bits per heavy atom. The minimum absolute atomic E-state index is 0.0809. The fourth-order valence-corrected chi connectivity index (χ4v) is 5.88. The number of amides is 1. The van der Waals surface area contributed by atoms with Crippen LogP contribution in [0.25, 0.3) is 11.1 Å². The molecule has 6 nitrogen and oxygen atoms in total. The van der Waals surface area contributed by atoms with Crippen molar-refractivity contribution in [3.05, 3.63) is 59.9 Å². The van der Waals surface area contributed by atoms with Gasteiger partial charge in [-0.25, -0.2) is 9.18 Å². The molecule has 38 heavy (non-hydrogen) atoms. The van der Waals surface area contributed by atoms with E-state index in [1.54, 1.807) is 17.0 Å². The first-order valence-corrected chi connectivity index (χ1v) is 16.0. The Morgan fingerprint density at radius 2 is 1.58 bits per heavy atom. The number of carbonyl (C=O) groups is 2. The number of nitrogens with zero attached hydrogens (tertiary/aromatic N) is 1. The second-order valence-electron chi connectivity index (χ2n) is 12.6. The number of esters is 1. The molecule has 3 rings (SSSR count). The van der Waals surface area contributed by atoms with Crippen LogP contribution >= 0.6 is 0 Å². The van der Waals surface area contributed by atoms with Crippen LogP contribution in [0.5, 0.6) is 0 Å². The van der Waals surface area contributed by atoms with E-state index in [-0.39, 0.29) is 23.3 Å². The molecule has 1 amide bonds. The second-order valence-corrected chi connectivity index (χ2v) is 17.3. The Bertz CT molecular complexity index is 1140. The summed E-state index contributed by atoms with van der Waals surface area (Å²) in [7, 11) is -0.944. The van der Waals surface area contributed by atoms with Crippen LogP contribution in [-0.4, -0.2) is 57.2 Å². The van der Waals surface area contributed by atoms with Gasteiger partial charge < -0.3 is 18.8 Å². The smallest absolute Gasteiger partial charge is 0.410 e. The summed E-state index contributed by atoms with van der Waals surface area (Å²) in [4.78, 5) is 28.0. The molecule has 2 aromatic rings. The van der Waals surface area contributed by atoms with Crippen LogP contribution < -0.4 is 0 Å². The maximum Gasteiger partial charge on any atom is 0.410 e. The van der Waals surface area contributed by atoms with Gasteiger partial charge in [0.25, 0.3) is 0 Å². The van der Waals surface area contributed by atoms with Gasteiger partial charge in [0, 0.05) is 19.0 Å². The van der Waals surface area contributed by atoms with Crippen molar-refractivity contribution >= 4 is 20.4 Å². The number of likely N-dealkylation sites (tertiary alicyclic amines) is 1. The molecule has 0 aromatic heterocycles. The topological polar surface area (TPSA) is 65.1 Å². The monoisotopic (exact) mass is 543 g/mol. The molecule has 208 valence electrons. The van der Waals surface area contributed by atoms with Crippen LogP contribution in [0.3, 0.4) is 0 Å². The van der Waals surface area contributed by atoms with Crippen molar-refractivity contribution in [2.45, 2.75) is 77.3 Å². The largest absolute Gasteiger partial charge is 0.469 e. The zero-order valence-electron chi connectivity index (χ0n) is 24.1. The molecule has 1 heterocycles. The van der Waals surface area contributed by atoms with Crippen molar-refractivity contribution in [1.29, 1.82) is 0 Å². The van der Waals surface area contributed by atoms with Gasteiger partial charge in [-0.3, -0.25) is 4.79 Å². The number of carbonyl (C=O) groups excluding carboxylic acids is 2. The third-order valence-electron chi connectivity index (χ3n) is 7.51. The lowest BCUT2D eigenvalue weighted by molar-refractivity contribution is -0.150. The van der Waals surface area contributed by atoms with Gasteiger partial charge in [-0.1, -0.05) is 57.2 Å². The first kappa shape index (κ1) is 29.8. The van der Waals surface area contributed by atoms with Crippen molar-refractivity contribution in [1.82, 2.24) is 4.90 Å². The zero-order chi connectivity index (χ0) is 28.5. The van der Waals surface area contributed by atoms with Crippen molar-refractivity contribution in [3.63, 3.8) is 0 Å². The minimum atomic E-state index is -2.31. The highest BCUT2D eigenvalue weighted by atomic mass is 28.4. The van der Waals surface area contributed by atoms with Gasteiger partial charge in [0.2, 0.25) is 0 Å². The lowest BCUT2D eigenvalue weighted by atomic mass is 9.78. The Kier molecular flexibility index (Phi) is 8.78. The van der Waals surface area contributed by atoms with Gasteiger partial charge >= 0.3 is 12.1 Å². The summed E-state index contributed by atoms with van der Waals surface area (Å²) in [5.74, 6) is -1.71. The molecule has 0 spiro atoms. The molecule has 0 N–H and O–H groups in total. The highest BCUT2D eigenvalue weighted by Crippen LogP contribution is 2.43. The van der Waals surface area contributed by atoms with Crippen LogP contribution in [0.1, 0.15) is 53.0 Å². The number of rotatable bonds is 5. The molecule has 0 saturated carbocycles. The number of hydrogen-bond acceptors (Lipinski definition) is 5. The molecule has 0 unspecified atom stereocenters. The first-order chi connectivity index (χ1) is 17.5. The summed E-state index contributed by atoms with van der Waals surface area (Å²) < 4.78 is 31.4. The predicted octanol–water partition coefficient (Wildman–Crippen LogP) is 7.01. The van der Waals surface area contributed by atoms with Crippen molar-refractivity contribution in [3.8, 4) is 11.1 Å². The molecular formula is C30H42FNO5Si.